The van der Waals surface area contributed by atoms with Gasteiger partial charge in [-0.05, 0) is 77.1 Å². The van der Waals surface area contributed by atoms with Crippen molar-refractivity contribution in [2.75, 3.05) is 7.11 Å². The van der Waals surface area contributed by atoms with E-state index in [1.165, 1.54) is 11.1 Å². The fraction of sp³-hybridized carbons (Fsp3) is 0.385. The number of thiocarbonyl (C=S) groups is 1. The predicted octanol–water partition coefficient (Wildman–Crippen LogP) is 6.65. The third-order valence-electron chi connectivity index (χ3n) is 6.75. The fourth-order valence-corrected chi connectivity index (χ4v) is 5.70. The van der Waals surface area contributed by atoms with E-state index >= 15 is 4.39 Å². The van der Waals surface area contributed by atoms with Crippen molar-refractivity contribution in [1.82, 2.24) is 5.32 Å². The molecule has 0 spiro atoms. The lowest BCUT2D eigenvalue weighted by atomic mass is 9.62. The lowest BCUT2D eigenvalue weighted by Gasteiger charge is -2.42. The molecule has 0 unspecified atom stereocenters. The van der Waals surface area contributed by atoms with E-state index in [1.807, 2.05) is 6.92 Å². The zero-order valence-corrected chi connectivity index (χ0v) is 20.9. The summed E-state index contributed by atoms with van der Waals surface area (Å²) in [5.41, 5.74) is 5.26. The number of methoxy groups -OCH3 is 1. The van der Waals surface area contributed by atoms with Crippen molar-refractivity contribution in [1.29, 1.82) is 0 Å². The van der Waals surface area contributed by atoms with E-state index in [0.29, 0.717) is 26.1 Å². The second-order valence-corrected chi connectivity index (χ2v) is 11.6. The van der Waals surface area contributed by atoms with Crippen LogP contribution in [0.15, 0.2) is 29.2 Å². The first kappa shape index (κ1) is 23.0. The van der Waals surface area contributed by atoms with Crippen molar-refractivity contribution in [3.05, 3.63) is 57.2 Å². The average Bonchev–Trinajstić information content (AvgIpc) is 3.04. The lowest BCUT2D eigenvalue weighted by Crippen LogP contribution is -2.34. The van der Waals surface area contributed by atoms with Crippen LogP contribution >= 0.6 is 24.0 Å². The molecule has 2 aromatic rings. The number of halogens is 1. The highest BCUT2D eigenvalue weighted by Gasteiger charge is 2.38. The van der Waals surface area contributed by atoms with E-state index < -0.39 is 5.82 Å². The Morgan fingerprint density at radius 1 is 1.12 bits per heavy atom. The maximum absolute atomic E-state index is 15.9. The van der Waals surface area contributed by atoms with Gasteiger partial charge in [0.2, 0.25) is 0 Å². The third-order valence-corrected chi connectivity index (χ3v) is 7.91. The van der Waals surface area contributed by atoms with Crippen LogP contribution in [-0.2, 0) is 15.6 Å². The zero-order valence-electron chi connectivity index (χ0n) is 19.3. The van der Waals surface area contributed by atoms with Crippen LogP contribution in [0.4, 0.5) is 4.39 Å². The van der Waals surface area contributed by atoms with E-state index in [2.05, 4.69) is 45.1 Å². The number of hydrogen-bond donors (Lipinski definition) is 1. The van der Waals surface area contributed by atoms with Crippen LogP contribution < -0.4 is 10.1 Å². The van der Waals surface area contributed by atoms with Crippen LogP contribution in [0.25, 0.3) is 17.2 Å². The molecular weight excluding hydrogens is 441 g/mol. The smallest absolute Gasteiger partial charge is 0.263 e. The first-order chi connectivity index (χ1) is 14.9. The highest BCUT2D eigenvalue weighted by Crippen LogP contribution is 2.49. The van der Waals surface area contributed by atoms with E-state index in [9.17, 15) is 4.79 Å². The average molecular weight is 470 g/mol. The number of amides is 1. The molecular formula is C26H28FNO2S2. The van der Waals surface area contributed by atoms with E-state index in [-0.39, 0.29) is 16.7 Å². The number of hydrogen-bond acceptors (Lipinski definition) is 4. The summed E-state index contributed by atoms with van der Waals surface area (Å²) in [7, 11) is 1.55. The Labute approximate surface area is 198 Å². The highest BCUT2D eigenvalue weighted by molar-refractivity contribution is 8.26. The molecule has 2 aromatic carbocycles. The molecule has 0 atom stereocenters. The summed E-state index contributed by atoms with van der Waals surface area (Å²) in [6.45, 7) is 11.1. The van der Waals surface area contributed by atoms with Crippen LogP contribution in [-0.4, -0.2) is 17.3 Å². The Kier molecular flexibility index (Phi) is 5.74. The van der Waals surface area contributed by atoms with Crippen LogP contribution in [0.1, 0.15) is 62.8 Å². The van der Waals surface area contributed by atoms with Gasteiger partial charge in [-0.1, -0.05) is 57.7 Å². The number of ether oxygens (including phenoxy) is 1. The second kappa shape index (κ2) is 7.99. The molecule has 1 fully saturated rings. The normalized spacial score (nSPS) is 20.3. The number of fused-ring (bicyclic) bond motifs is 1. The summed E-state index contributed by atoms with van der Waals surface area (Å²) >= 11 is 6.20. The maximum atomic E-state index is 15.9. The first-order valence-corrected chi connectivity index (χ1v) is 11.9. The Hall–Kier alpha value is -2.18. The second-order valence-electron chi connectivity index (χ2n) is 9.88. The molecule has 168 valence electrons. The van der Waals surface area contributed by atoms with Gasteiger partial charge in [0.25, 0.3) is 5.91 Å². The SMILES string of the molecule is COc1ccc(C=C2SC(=S)NC2=O)c(F)c1-c1cc2c(cc1C)C(C)(C)CCC2(C)C. The zero-order chi connectivity index (χ0) is 23.4. The standard InChI is InChI=1S/C26H28FNO2S2/c1-14-11-17-18(26(4,5)10-9-25(17,2)3)13-16(14)21-19(30-6)8-7-15(22(21)27)12-20-23(29)28-24(31)32-20/h7-8,11-13H,9-10H2,1-6H3,(H,28,29,31). The number of nitrogens with one attached hydrogen (secondary N) is 1. The van der Waals surface area contributed by atoms with Crippen LogP contribution in [0.2, 0.25) is 0 Å². The topological polar surface area (TPSA) is 38.3 Å². The summed E-state index contributed by atoms with van der Waals surface area (Å²) in [5, 5.41) is 2.58. The van der Waals surface area contributed by atoms with Crippen molar-refractivity contribution in [2.45, 2.75) is 58.3 Å². The molecule has 1 aliphatic carbocycles. The number of rotatable bonds is 3. The number of carbonyl (C=O) groups excluding carboxylic acids is 1. The molecule has 6 heteroatoms. The molecule has 2 aliphatic rings. The number of benzene rings is 2. The third kappa shape index (κ3) is 3.88. The monoisotopic (exact) mass is 469 g/mol. The molecule has 0 bridgehead atoms. The van der Waals surface area contributed by atoms with Gasteiger partial charge in [-0.2, -0.15) is 0 Å². The van der Waals surface area contributed by atoms with Crippen molar-refractivity contribution in [3.8, 4) is 16.9 Å². The van der Waals surface area contributed by atoms with Crippen molar-refractivity contribution in [2.24, 2.45) is 0 Å². The molecule has 1 heterocycles. The van der Waals surface area contributed by atoms with Gasteiger partial charge < -0.3 is 10.1 Å². The fourth-order valence-electron chi connectivity index (χ4n) is 4.66. The highest BCUT2D eigenvalue weighted by atomic mass is 32.2. The van der Waals surface area contributed by atoms with Gasteiger partial charge in [-0.15, -0.1) is 0 Å². The van der Waals surface area contributed by atoms with Gasteiger partial charge >= 0.3 is 0 Å². The van der Waals surface area contributed by atoms with Gasteiger partial charge in [-0.25, -0.2) is 4.39 Å². The summed E-state index contributed by atoms with van der Waals surface area (Å²) in [6.07, 6.45) is 3.75. The Morgan fingerprint density at radius 2 is 1.75 bits per heavy atom. The molecule has 1 amide bonds. The quantitative estimate of drug-likeness (QED) is 0.404. The van der Waals surface area contributed by atoms with Crippen molar-refractivity contribution in [3.63, 3.8) is 0 Å². The van der Waals surface area contributed by atoms with Gasteiger partial charge in [0.15, 0.2) is 0 Å². The first-order valence-electron chi connectivity index (χ1n) is 10.7. The molecule has 1 N–H and O–H groups in total. The minimum Gasteiger partial charge on any atom is -0.496 e. The lowest BCUT2D eigenvalue weighted by molar-refractivity contribution is -0.115. The molecule has 0 radical (unpaired) electrons. The van der Waals surface area contributed by atoms with Crippen molar-refractivity contribution < 1.29 is 13.9 Å². The summed E-state index contributed by atoms with van der Waals surface area (Å²) in [4.78, 5) is 12.5. The van der Waals surface area contributed by atoms with Gasteiger partial charge in [-0.3, -0.25) is 4.79 Å². The summed E-state index contributed by atoms with van der Waals surface area (Å²) in [6, 6.07) is 7.76. The summed E-state index contributed by atoms with van der Waals surface area (Å²) in [5.74, 6) is -0.232. The molecule has 0 aromatic heterocycles. The largest absolute Gasteiger partial charge is 0.496 e. The van der Waals surface area contributed by atoms with E-state index in [0.717, 1.165) is 35.7 Å². The molecule has 1 saturated heterocycles. The van der Waals surface area contributed by atoms with Gasteiger partial charge in [0.1, 0.15) is 15.9 Å². The number of aryl methyl sites for hydroxylation is 1. The molecule has 1 aliphatic heterocycles. The van der Waals surface area contributed by atoms with Crippen molar-refractivity contribution >= 4 is 40.3 Å². The van der Waals surface area contributed by atoms with Gasteiger partial charge in [0.05, 0.1) is 17.6 Å². The summed E-state index contributed by atoms with van der Waals surface area (Å²) < 4.78 is 21.9. The molecule has 0 saturated carbocycles. The number of carbonyl (C=O) groups is 1. The Bertz CT molecular complexity index is 1180. The minimum atomic E-state index is -0.404. The van der Waals surface area contributed by atoms with E-state index in [4.69, 9.17) is 17.0 Å². The predicted molar refractivity (Wildman–Crippen MR) is 135 cm³/mol. The molecule has 32 heavy (non-hydrogen) atoms. The Morgan fingerprint density at radius 3 is 2.31 bits per heavy atom. The van der Waals surface area contributed by atoms with Crippen LogP contribution in [0.3, 0.4) is 0 Å². The maximum Gasteiger partial charge on any atom is 0.263 e. The van der Waals surface area contributed by atoms with E-state index in [1.54, 1.807) is 25.3 Å². The van der Waals surface area contributed by atoms with Crippen LogP contribution in [0, 0.1) is 12.7 Å². The molecule has 3 nitrogen and oxygen atoms in total. The number of thioether (sulfide) groups is 1. The minimum absolute atomic E-state index is 0.00483. The Balaban J connectivity index is 1.93. The van der Waals surface area contributed by atoms with Crippen LogP contribution in [0.5, 0.6) is 5.75 Å². The van der Waals surface area contributed by atoms with Gasteiger partial charge in [0, 0.05) is 5.56 Å². The molecule has 4 rings (SSSR count).